The van der Waals surface area contributed by atoms with Crippen LogP contribution in [-0.2, 0) is 0 Å². The predicted molar refractivity (Wildman–Crippen MR) is 108 cm³/mol. The van der Waals surface area contributed by atoms with Gasteiger partial charge in [-0.1, -0.05) is 17.7 Å². The Morgan fingerprint density at radius 3 is 2.48 bits per heavy atom. The number of hydrogen-bond acceptors (Lipinski definition) is 6. The molecule has 148 valence electrons. The van der Waals surface area contributed by atoms with Crippen molar-refractivity contribution in [3.63, 3.8) is 0 Å². The van der Waals surface area contributed by atoms with Crippen molar-refractivity contribution >= 4 is 23.3 Å². The first-order valence-corrected chi connectivity index (χ1v) is 9.38. The highest BCUT2D eigenvalue weighted by Crippen LogP contribution is 2.17. The number of carbonyl (C=O) groups excluding carboxylic acids is 2. The number of nitrogens with one attached hydrogen (secondary N) is 1. The lowest BCUT2D eigenvalue weighted by Gasteiger charge is -2.35. The molecule has 1 aliphatic rings. The number of carbonyl (C=O) groups is 2. The van der Waals surface area contributed by atoms with Crippen LogP contribution in [0.4, 0.5) is 11.5 Å². The maximum Gasteiger partial charge on any atom is 0.289 e. The topological polar surface area (TPSA) is 91.6 Å². The molecule has 4 rings (SSSR count). The Morgan fingerprint density at radius 1 is 1.03 bits per heavy atom. The minimum atomic E-state index is -0.288. The van der Waals surface area contributed by atoms with Gasteiger partial charge in [-0.15, -0.1) is 0 Å². The maximum absolute atomic E-state index is 12.5. The highest BCUT2D eigenvalue weighted by Gasteiger charge is 2.24. The van der Waals surface area contributed by atoms with Crippen molar-refractivity contribution in [3.8, 4) is 0 Å². The third kappa shape index (κ3) is 4.26. The van der Waals surface area contributed by atoms with E-state index in [1.165, 1.54) is 12.6 Å². The molecule has 1 aliphatic heterocycles. The van der Waals surface area contributed by atoms with Gasteiger partial charge in [0.2, 0.25) is 0 Å². The highest BCUT2D eigenvalue weighted by molar-refractivity contribution is 6.03. The summed E-state index contributed by atoms with van der Waals surface area (Å²) >= 11 is 0. The first-order chi connectivity index (χ1) is 14.1. The lowest BCUT2D eigenvalue weighted by Crippen LogP contribution is -2.49. The van der Waals surface area contributed by atoms with Crippen molar-refractivity contribution in [2.24, 2.45) is 0 Å². The Kier molecular flexibility index (Phi) is 5.24. The average molecular weight is 391 g/mol. The molecule has 8 nitrogen and oxygen atoms in total. The molecule has 1 fully saturated rings. The zero-order valence-electron chi connectivity index (χ0n) is 16.0. The number of hydrogen-bond donors (Lipinski definition) is 1. The smallest absolute Gasteiger partial charge is 0.289 e. The summed E-state index contributed by atoms with van der Waals surface area (Å²) in [4.78, 5) is 37.1. The molecule has 0 saturated carbocycles. The molecule has 29 heavy (non-hydrogen) atoms. The SMILES string of the molecule is Cc1ccc(NC(=O)c2cc(N3CCN(C(=O)c4ccco4)CC3)ncn2)cc1. The van der Waals surface area contributed by atoms with E-state index in [4.69, 9.17) is 4.42 Å². The van der Waals surface area contributed by atoms with Gasteiger partial charge in [-0.25, -0.2) is 9.97 Å². The van der Waals surface area contributed by atoms with Crippen LogP contribution in [0.2, 0.25) is 0 Å². The number of nitrogens with zero attached hydrogens (tertiary/aromatic N) is 4. The summed E-state index contributed by atoms with van der Waals surface area (Å²) < 4.78 is 5.19. The number of furan rings is 1. The Labute approximate surface area is 168 Å². The van der Waals surface area contributed by atoms with E-state index in [-0.39, 0.29) is 11.8 Å². The summed E-state index contributed by atoms with van der Waals surface area (Å²) in [6, 6.07) is 12.6. The molecule has 1 aromatic carbocycles. The predicted octanol–water partition coefficient (Wildman–Crippen LogP) is 2.59. The summed E-state index contributed by atoms with van der Waals surface area (Å²) in [5.74, 6) is 0.606. The molecule has 8 heteroatoms. The van der Waals surface area contributed by atoms with E-state index in [1.54, 1.807) is 23.1 Å². The minimum Gasteiger partial charge on any atom is -0.459 e. The van der Waals surface area contributed by atoms with E-state index in [2.05, 4.69) is 15.3 Å². The average Bonchev–Trinajstić information content (AvgIpc) is 3.30. The molecule has 2 amide bonds. The molecule has 1 N–H and O–H groups in total. The summed E-state index contributed by atoms with van der Waals surface area (Å²) in [6.07, 6.45) is 2.88. The molecule has 0 atom stereocenters. The Morgan fingerprint density at radius 2 is 1.79 bits per heavy atom. The normalized spacial score (nSPS) is 14.0. The molecule has 3 aromatic rings. The van der Waals surface area contributed by atoms with E-state index < -0.39 is 0 Å². The zero-order valence-corrected chi connectivity index (χ0v) is 16.0. The number of rotatable bonds is 4. The van der Waals surface area contributed by atoms with Gasteiger partial charge < -0.3 is 19.5 Å². The number of aromatic nitrogens is 2. The minimum absolute atomic E-state index is 0.115. The van der Waals surface area contributed by atoms with Gasteiger partial charge in [0.15, 0.2) is 5.76 Å². The van der Waals surface area contributed by atoms with Crippen LogP contribution < -0.4 is 10.2 Å². The van der Waals surface area contributed by atoms with Crippen molar-refractivity contribution in [1.82, 2.24) is 14.9 Å². The van der Waals surface area contributed by atoms with Crippen LogP contribution in [-0.4, -0.2) is 52.9 Å². The van der Waals surface area contributed by atoms with Crippen LogP contribution in [0.25, 0.3) is 0 Å². The number of benzene rings is 1. The van der Waals surface area contributed by atoms with Crippen LogP contribution in [0.1, 0.15) is 26.6 Å². The van der Waals surface area contributed by atoms with Crippen molar-refractivity contribution < 1.29 is 14.0 Å². The van der Waals surface area contributed by atoms with Crippen molar-refractivity contribution in [1.29, 1.82) is 0 Å². The molecule has 0 radical (unpaired) electrons. The van der Waals surface area contributed by atoms with Gasteiger partial charge in [-0.2, -0.15) is 0 Å². The maximum atomic E-state index is 12.5. The molecule has 0 aliphatic carbocycles. The lowest BCUT2D eigenvalue weighted by atomic mass is 10.2. The van der Waals surface area contributed by atoms with Gasteiger partial charge >= 0.3 is 0 Å². The van der Waals surface area contributed by atoms with Crippen LogP contribution in [0.3, 0.4) is 0 Å². The van der Waals surface area contributed by atoms with Crippen LogP contribution >= 0.6 is 0 Å². The summed E-state index contributed by atoms with van der Waals surface area (Å²) in [5.41, 5.74) is 2.13. The fourth-order valence-electron chi connectivity index (χ4n) is 3.17. The summed E-state index contributed by atoms with van der Waals surface area (Å²) in [7, 11) is 0. The molecule has 0 bridgehead atoms. The van der Waals surface area contributed by atoms with Gasteiger partial charge in [0.1, 0.15) is 17.8 Å². The Balaban J connectivity index is 1.39. The van der Waals surface area contributed by atoms with Crippen molar-refractivity contribution in [3.05, 3.63) is 72.1 Å². The van der Waals surface area contributed by atoms with Gasteiger partial charge in [-0.05, 0) is 31.2 Å². The third-order valence-corrected chi connectivity index (χ3v) is 4.82. The first kappa shape index (κ1) is 18.7. The Hall–Kier alpha value is -3.68. The number of anilines is 2. The van der Waals surface area contributed by atoms with Crippen molar-refractivity contribution in [2.75, 3.05) is 36.4 Å². The number of amides is 2. The van der Waals surface area contributed by atoms with E-state index in [0.29, 0.717) is 49.1 Å². The number of piperazine rings is 1. The van der Waals surface area contributed by atoms with E-state index in [9.17, 15) is 9.59 Å². The van der Waals surface area contributed by atoms with E-state index in [1.807, 2.05) is 36.1 Å². The van der Waals surface area contributed by atoms with Crippen LogP contribution in [0, 0.1) is 6.92 Å². The second kappa shape index (κ2) is 8.14. The second-order valence-corrected chi connectivity index (χ2v) is 6.84. The third-order valence-electron chi connectivity index (χ3n) is 4.82. The van der Waals surface area contributed by atoms with E-state index in [0.717, 1.165) is 5.56 Å². The number of aryl methyl sites for hydroxylation is 1. The monoisotopic (exact) mass is 391 g/mol. The fourth-order valence-corrected chi connectivity index (χ4v) is 3.17. The Bertz CT molecular complexity index is 993. The lowest BCUT2D eigenvalue weighted by molar-refractivity contribution is 0.0714. The first-order valence-electron chi connectivity index (χ1n) is 9.38. The summed E-state index contributed by atoms with van der Waals surface area (Å²) in [6.45, 7) is 4.32. The molecular weight excluding hydrogens is 370 g/mol. The van der Waals surface area contributed by atoms with E-state index >= 15 is 0 Å². The molecule has 2 aromatic heterocycles. The molecule has 1 saturated heterocycles. The summed E-state index contributed by atoms with van der Waals surface area (Å²) in [5, 5.41) is 2.84. The van der Waals surface area contributed by atoms with Crippen LogP contribution in [0.5, 0.6) is 0 Å². The van der Waals surface area contributed by atoms with Crippen LogP contribution in [0.15, 0.2) is 59.5 Å². The molecule has 0 unspecified atom stereocenters. The molecular formula is C21H21N5O3. The standard InChI is InChI=1S/C21H21N5O3/c1-15-4-6-16(7-5-15)24-20(27)17-13-19(23-14-22-17)25-8-10-26(11-9-25)21(28)18-3-2-12-29-18/h2-7,12-14H,8-11H2,1H3,(H,24,27). The fraction of sp³-hybridized carbons (Fsp3) is 0.238. The quantitative estimate of drug-likeness (QED) is 0.735. The van der Waals surface area contributed by atoms with Crippen molar-refractivity contribution in [2.45, 2.75) is 6.92 Å². The van der Waals surface area contributed by atoms with Gasteiger partial charge in [0, 0.05) is 37.9 Å². The van der Waals surface area contributed by atoms with Gasteiger partial charge in [-0.3, -0.25) is 9.59 Å². The molecule has 3 heterocycles. The highest BCUT2D eigenvalue weighted by atomic mass is 16.3. The van der Waals surface area contributed by atoms with Gasteiger partial charge in [0.25, 0.3) is 11.8 Å². The largest absolute Gasteiger partial charge is 0.459 e. The van der Waals surface area contributed by atoms with Gasteiger partial charge in [0.05, 0.1) is 6.26 Å². The molecule has 0 spiro atoms. The second-order valence-electron chi connectivity index (χ2n) is 6.84. The zero-order chi connectivity index (χ0) is 20.2.